The van der Waals surface area contributed by atoms with Gasteiger partial charge >= 0.3 is 20.3 Å². The molecule has 0 bridgehead atoms. The zero-order chi connectivity index (χ0) is 27.5. The number of nitrogens with one attached hydrogen (secondary N) is 2. The number of rotatable bonds is 10. The molecule has 0 unspecified atom stereocenters. The van der Waals surface area contributed by atoms with Crippen molar-refractivity contribution in [3.8, 4) is 0 Å². The highest BCUT2D eigenvalue weighted by Crippen LogP contribution is 2.30. The van der Waals surface area contributed by atoms with Crippen molar-refractivity contribution in [2.24, 2.45) is 0 Å². The molecule has 36 heavy (non-hydrogen) atoms. The van der Waals surface area contributed by atoms with Crippen molar-refractivity contribution in [2.45, 2.75) is 77.8 Å². The molecule has 2 rings (SSSR count). The van der Waals surface area contributed by atoms with Gasteiger partial charge in [-0.3, -0.25) is 0 Å². The Bertz CT molecular complexity index is 985. The highest BCUT2D eigenvalue weighted by Gasteiger charge is 2.45. The molecule has 0 spiro atoms. The minimum atomic E-state index is -1.58. The lowest BCUT2D eigenvalue weighted by molar-refractivity contribution is -0.131. The molecule has 11 heteroatoms. The highest BCUT2D eigenvalue weighted by molar-refractivity contribution is 6.61. The summed E-state index contributed by atoms with van der Waals surface area (Å²) in [4.78, 5) is 12.4. The largest absolute Gasteiger partial charge is 0.494 e. The lowest BCUT2D eigenvalue weighted by atomic mass is 9.74. The number of benzene rings is 2. The number of hydrogen-bond donors (Lipinski definition) is 6. The van der Waals surface area contributed by atoms with Gasteiger partial charge in [-0.15, -0.1) is 0 Å². The Hall–Kier alpha value is -2.40. The second kappa shape index (κ2) is 10.9. The van der Waals surface area contributed by atoms with Crippen molar-refractivity contribution < 1.29 is 34.4 Å². The monoisotopic (exact) mass is 500 g/mol. The first kappa shape index (κ1) is 29.8. The van der Waals surface area contributed by atoms with Gasteiger partial charge in [-0.05, 0) is 90.6 Å². The van der Waals surface area contributed by atoms with Crippen LogP contribution in [0.5, 0.6) is 0 Å². The molecule has 6 N–H and O–H groups in total. The van der Waals surface area contributed by atoms with Crippen molar-refractivity contribution in [2.75, 3.05) is 10.6 Å². The molecule has 0 atom stereocenters. The first-order chi connectivity index (χ1) is 16.3. The van der Waals surface area contributed by atoms with Gasteiger partial charge in [0.15, 0.2) is 0 Å². The van der Waals surface area contributed by atoms with Crippen molar-refractivity contribution in [3.05, 3.63) is 48.5 Å². The average molecular weight is 500 g/mol. The molecule has 0 saturated heterocycles. The Morgan fingerprint density at radius 3 is 1.31 bits per heavy atom. The lowest BCUT2D eigenvalue weighted by Gasteiger charge is -2.43. The van der Waals surface area contributed by atoms with Gasteiger partial charge in [0.05, 0.1) is 22.4 Å². The van der Waals surface area contributed by atoms with Crippen molar-refractivity contribution >= 4 is 42.6 Å². The number of amides is 2. The topological polar surface area (TPSA) is 141 Å². The average Bonchev–Trinajstić information content (AvgIpc) is 2.72. The van der Waals surface area contributed by atoms with Crippen LogP contribution in [0.3, 0.4) is 0 Å². The maximum atomic E-state index is 12.4. The summed E-state index contributed by atoms with van der Waals surface area (Å²) in [6.45, 7) is 13.6. The molecule has 2 aromatic rings. The van der Waals surface area contributed by atoms with E-state index >= 15 is 0 Å². The Morgan fingerprint density at radius 1 is 0.667 bits per heavy atom. The van der Waals surface area contributed by atoms with E-state index in [1.54, 1.807) is 91.8 Å². The van der Waals surface area contributed by atoms with E-state index in [9.17, 15) is 15.0 Å². The second-order valence-corrected chi connectivity index (χ2v) is 10.9. The standard InChI is InChI=1S/C25H38B2N2O7/c1-22(2,31)24(5,6)35-27(36-25(7,8)23(3,4)32)18-11-15-20(16-12-18)29-21(30)28-19-13-9-17(10-14-19)26(33)34/h9-16,31-34H,1-8H3,(H2,28,29,30). The third kappa shape index (κ3) is 7.80. The SMILES string of the molecule is CC(C)(O)C(C)(C)OB(OC(C)(C)C(C)(C)O)c1ccc(NC(=O)Nc2ccc(B(O)O)cc2)cc1. The normalized spacial score (nSPS) is 12.8. The van der Waals surface area contributed by atoms with Gasteiger partial charge in [0.25, 0.3) is 0 Å². The van der Waals surface area contributed by atoms with E-state index in [0.29, 0.717) is 22.3 Å². The summed E-state index contributed by atoms with van der Waals surface area (Å²) < 4.78 is 12.5. The maximum Gasteiger partial charge on any atom is 0.494 e. The van der Waals surface area contributed by atoms with E-state index in [2.05, 4.69) is 10.6 Å². The van der Waals surface area contributed by atoms with Crippen LogP contribution >= 0.6 is 0 Å². The maximum absolute atomic E-state index is 12.4. The van der Waals surface area contributed by atoms with Crippen molar-refractivity contribution in [1.29, 1.82) is 0 Å². The van der Waals surface area contributed by atoms with E-state index in [0.717, 1.165) is 0 Å². The smallest absolute Gasteiger partial charge is 0.423 e. The van der Waals surface area contributed by atoms with E-state index in [1.165, 1.54) is 12.1 Å². The molecule has 9 nitrogen and oxygen atoms in total. The van der Waals surface area contributed by atoms with Gasteiger partial charge in [0.1, 0.15) is 0 Å². The summed E-state index contributed by atoms with van der Waals surface area (Å²) >= 11 is 0. The molecule has 0 radical (unpaired) electrons. The summed E-state index contributed by atoms with van der Waals surface area (Å²) in [6, 6.07) is 12.5. The number of hydrogen-bond acceptors (Lipinski definition) is 7. The van der Waals surface area contributed by atoms with E-state index in [4.69, 9.17) is 19.4 Å². The predicted octanol–water partition coefficient (Wildman–Crippen LogP) is 1.84. The molecular weight excluding hydrogens is 462 g/mol. The van der Waals surface area contributed by atoms with Gasteiger partial charge in [0.2, 0.25) is 0 Å². The third-order valence-electron chi connectivity index (χ3n) is 6.66. The molecule has 2 amide bonds. The second-order valence-electron chi connectivity index (χ2n) is 10.9. The predicted molar refractivity (Wildman–Crippen MR) is 144 cm³/mol. The summed E-state index contributed by atoms with van der Waals surface area (Å²) in [6.07, 6.45) is 0. The summed E-state index contributed by atoms with van der Waals surface area (Å²) in [7, 11) is -2.50. The minimum absolute atomic E-state index is 0.316. The van der Waals surface area contributed by atoms with Crippen LogP contribution in [-0.2, 0) is 9.31 Å². The zero-order valence-corrected chi connectivity index (χ0v) is 22.3. The highest BCUT2D eigenvalue weighted by atomic mass is 16.6. The number of carbonyl (C=O) groups is 1. The van der Waals surface area contributed by atoms with Crippen LogP contribution in [0.4, 0.5) is 16.2 Å². The van der Waals surface area contributed by atoms with Gasteiger partial charge in [-0.25, -0.2) is 4.79 Å². The molecular formula is C25H38B2N2O7. The fraction of sp³-hybridized carbons (Fsp3) is 0.480. The summed E-state index contributed by atoms with van der Waals surface area (Å²) in [5.41, 5.74) is -2.40. The Balaban J connectivity index is 2.19. The summed E-state index contributed by atoms with van der Waals surface area (Å²) in [5.74, 6) is 0. The fourth-order valence-corrected chi connectivity index (χ4v) is 2.74. The number of anilines is 2. The summed E-state index contributed by atoms with van der Waals surface area (Å²) in [5, 5.41) is 44.9. The Kier molecular flexibility index (Phi) is 9.05. The van der Waals surface area contributed by atoms with Crippen LogP contribution in [0, 0.1) is 0 Å². The van der Waals surface area contributed by atoms with Crippen LogP contribution in [0.2, 0.25) is 0 Å². The van der Waals surface area contributed by atoms with E-state index in [1.807, 2.05) is 0 Å². The fourth-order valence-electron chi connectivity index (χ4n) is 2.74. The van der Waals surface area contributed by atoms with Crippen molar-refractivity contribution in [3.63, 3.8) is 0 Å². The minimum Gasteiger partial charge on any atom is -0.423 e. The molecule has 0 aliphatic rings. The van der Waals surface area contributed by atoms with Crippen molar-refractivity contribution in [1.82, 2.24) is 0 Å². The van der Waals surface area contributed by atoms with Crippen LogP contribution in [0.1, 0.15) is 55.4 Å². The van der Waals surface area contributed by atoms with E-state index in [-0.39, 0.29) is 0 Å². The number of carbonyl (C=O) groups excluding carboxylic acids is 1. The molecule has 0 saturated carbocycles. The van der Waals surface area contributed by atoms with Gasteiger partial charge in [0, 0.05) is 11.4 Å². The van der Waals surface area contributed by atoms with Gasteiger partial charge in [-0.2, -0.15) is 0 Å². The number of aliphatic hydroxyl groups is 2. The van der Waals surface area contributed by atoms with Gasteiger partial charge < -0.3 is 40.2 Å². The number of urea groups is 1. The van der Waals surface area contributed by atoms with Crippen LogP contribution < -0.4 is 21.6 Å². The lowest BCUT2D eigenvalue weighted by Crippen LogP contribution is -2.58. The third-order valence-corrected chi connectivity index (χ3v) is 6.66. The Morgan fingerprint density at radius 2 is 1.00 bits per heavy atom. The Labute approximate surface area is 214 Å². The molecule has 0 heterocycles. The van der Waals surface area contributed by atoms with Gasteiger partial charge in [-0.1, -0.05) is 24.3 Å². The molecule has 0 aliphatic heterocycles. The van der Waals surface area contributed by atoms with Crippen LogP contribution in [-0.4, -0.2) is 62.9 Å². The molecule has 0 aliphatic carbocycles. The molecule has 0 fully saturated rings. The zero-order valence-electron chi connectivity index (χ0n) is 22.3. The first-order valence-electron chi connectivity index (χ1n) is 11.8. The molecule has 2 aromatic carbocycles. The van der Waals surface area contributed by atoms with Crippen LogP contribution in [0.25, 0.3) is 0 Å². The van der Waals surface area contributed by atoms with E-state index < -0.39 is 42.7 Å². The van der Waals surface area contributed by atoms with Crippen LogP contribution in [0.15, 0.2) is 48.5 Å². The quantitative estimate of drug-likeness (QED) is 0.274. The first-order valence-corrected chi connectivity index (χ1v) is 11.8. The molecule has 196 valence electrons. The molecule has 0 aromatic heterocycles.